The van der Waals surface area contributed by atoms with Crippen molar-refractivity contribution in [3.05, 3.63) is 24.5 Å². The van der Waals surface area contributed by atoms with Gasteiger partial charge in [-0.05, 0) is 32.0 Å². The summed E-state index contributed by atoms with van der Waals surface area (Å²) in [7, 11) is 0. The topological polar surface area (TPSA) is 34.1 Å². The number of hydrogen-bond donors (Lipinski definition) is 1. The quantitative estimate of drug-likeness (QED) is 0.755. The van der Waals surface area contributed by atoms with Crippen molar-refractivity contribution in [3.8, 4) is 5.75 Å². The fraction of sp³-hybridized carbons (Fsp3) is 0.500. The van der Waals surface area contributed by atoms with Crippen LogP contribution in [-0.2, 0) is 0 Å². The van der Waals surface area contributed by atoms with Crippen molar-refractivity contribution >= 4 is 0 Å². The van der Waals surface area contributed by atoms with Crippen LogP contribution in [0.25, 0.3) is 0 Å². The van der Waals surface area contributed by atoms with E-state index in [0.717, 1.165) is 18.9 Å². The molecule has 0 amide bonds. The summed E-state index contributed by atoms with van der Waals surface area (Å²) in [6, 6.07) is 3.81. The summed E-state index contributed by atoms with van der Waals surface area (Å²) in [4.78, 5) is 3.98. The van der Waals surface area contributed by atoms with Crippen LogP contribution in [0.2, 0.25) is 0 Å². The van der Waals surface area contributed by atoms with Crippen LogP contribution in [0.5, 0.6) is 5.75 Å². The molecule has 0 aliphatic carbocycles. The van der Waals surface area contributed by atoms with Gasteiger partial charge in [-0.3, -0.25) is 4.98 Å². The molecule has 70 valence electrons. The summed E-state index contributed by atoms with van der Waals surface area (Å²) in [6.45, 7) is 4.00. The highest BCUT2D eigenvalue weighted by Crippen LogP contribution is 2.19. The predicted octanol–water partition coefficient (Wildman–Crippen LogP) is 1.21. The van der Waals surface area contributed by atoms with Crippen LogP contribution in [-0.4, -0.2) is 23.7 Å². The van der Waals surface area contributed by atoms with Gasteiger partial charge >= 0.3 is 0 Å². The molecule has 1 atom stereocenters. The Bertz CT molecular complexity index is 270. The Morgan fingerprint density at radius 1 is 1.69 bits per heavy atom. The molecule has 2 heterocycles. The second-order valence-electron chi connectivity index (χ2n) is 3.71. The van der Waals surface area contributed by atoms with Crippen molar-refractivity contribution in [2.24, 2.45) is 0 Å². The highest BCUT2D eigenvalue weighted by atomic mass is 16.5. The number of pyridine rings is 1. The highest BCUT2D eigenvalue weighted by Gasteiger charge is 2.31. The summed E-state index contributed by atoms with van der Waals surface area (Å²) < 4.78 is 5.59. The molecule has 1 N–H and O–H groups in total. The van der Waals surface area contributed by atoms with Crippen LogP contribution in [0.3, 0.4) is 0 Å². The van der Waals surface area contributed by atoms with Crippen LogP contribution < -0.4 is 10.1 Å². The number of nitrogens with zero attached hydrogens (tertiary/aromatic N) is 1. The van der Waals surface area contributed by atoms with Gasteiger partial charge in [0.15, 0.2) is 0 Å². The van der Waals surface area contributed by atoms with E-state index in [-0.39, 0.29) is 5.54 Å². The van der Waals surface area contributed by atoms with Gasteiger partial charge in [0, 0.05) is 6.20 Å². The Labute approximate surface area is 78.1 Å². The first-order chi connectivity index (χ1) is 6.29. The first-order valence-corrected chi connectivity index (χ1v) is 4.56. The van der Waals surface area contributed by atoms with Crippen LogP contribution in [0, 0.1) is 0 Å². The van der Waals surface area contributed by atoms with Gasteiger partial charge in [0.05, 0.1) is 11.7 Å². The summed E-state index contributed by atoms with van der Waals surface area (Å²) in [6.07, 6.45) is 4.67. The van der Waals surface area contributed by atoms with Crippen molar-refractivity contribution in [1.82, 2.24) is 10.3 Å². The van der Waals surface area contributed by atoms with Crippen molar-refractivity contribution in [2.45, 2.75) is 18.9 Å². The molecule has 1 aliphatic heterocycles. The molecule has 1 aromatic heterocycles. The third-order valence-electron chi connectivity index (χ3n) is 2.42. The fourth-order valence-corrected chi connectivity index (χ4v) is 1.35. The Kier molecular flexibility index (Phi) is 2.19. The smallest absolute Gasteiger partial charge is 0.137 e. The summed E-state index contributed by atoms with van der Waals surface area (Å²) in [5, 5.41) is 3.35. The normalized spacial score (nSPS) is 26.5. The average molecular weight is 178 g/mol. The summed E-state index contributed by atoms with van der Waals surface area (Å²) in [5.41, 5.74) is 0.176. The van der Waals surface area contributed by atoms with E-state index in [0.29, 0.717) is 0 Å². The second-order valence-corrected chi connectivity index (χ2v) is 3.71. The SMILES string of the molecule is C[C@]1(COc2cccnc2)CCN1. The molecule has 1 aromatic rings. The van der Waals surface area contributed by atoms with E-state index < -0.39 is 0 Å². The van der Waals surface area contributed by atoms with Crippen molar-refractivity contribution in [1.29, 1.82) is 0 Å². The number of hydrogen-bond acceptors (Lipinski definition) is 3. The van der Waals surface area contributed by atoms with Crippen LogP contribution in [0.1, 0.15) is 13.3 Å². The molecule has 1 fully saturated rings. The maximum Gasteiger partial charge on any atom is 0.137 e. The van der Waals surface area contributed by atoms with E-state index in [9.17, 15) is 0 Å². The minimum atomic E-state index is 0.176. The predicted molar refractivity (Wildman–Crippen MR) is 50.8 cm³/mol. The molecule has 2 rings (SSSR count). The molecule has 3 nitrogen and oxygen atoms in total. The number of ether oxygens (including phenoxy) is 1. The van der Waals surface area contributed by atoms with Gasteiger partial charge in [0.2, 0.25) is 0 Å². The largest absolute Gasteiger partial charge is 0.490 e. The third-order valence-corrected chi connectivity index (χ3v) is 2.42. The number of rotatable bonds is 3. The molecule has 13 heavy (non-hydrogen) atoms. The van der Waals surface area contributed by atoms with E-state index in [1.54, 1.807) is 12.4 Å². The molecule has 1 aliphatic rings. The zero-order chi connectivity index (χ0) is 9.15. The molecule has 0 aromatic carbocycles. The van der Waals surface area contributed by atoms with Crippen LogP contribution >= 0.6 is 0 Å². The molecular formula is C10H14N2O. The third kappa shape index (κ3) is 1.98. The Hall–Kier alpha value is -1.09. The fourth-order valence-electron chi connectivity index (χ4n) is 1.35. The molecule has 0 radical (unpaired) electrons. The lowest BCUT2D eigenvalue weighted by Crippen LogP contribution is -2.58. The zero-order valence-corrected chi connectivity index (χ0v) is 7.79. The van der Waals surface area contributed by atoms with E-state index in [1.165, 1.54) is 6.42 Å². The van der Waals surface area contributed by atoms with E-state index in [4.69, 9.17) is 4.74 Å². The minimum Gasteiger partial charge on any atom is -0.490 e. The Balaban J connectivity index is 1.86. The molecule has 0 saturated carbocycles. The van der Waals surface area contributed by atoms with E-state index in [2.05, 4.69) is 17.2 Å². The maximum atomic E-state index is 5.59. The number of aromatic nitrogens is 1. The lowest BCUT2D eigenvalue weighted by molar-refractivity contribution is 0.132. The first-order valence-electron chi connectivity index (χ1n) is 4.56. The summed E-state index contributed by atoms with van der Waals surface area (Å²) in [5.74, 6) is 0.845. The van der Waals surface area contributed by atoms with E-state index in [1.807, 2.05) is 12.1 Å². The Morgan fingerprint density at radius 2 is 2.54 bits per heavy atom. The lowest BCUT2D eigenvalue weighted by Gasteiger charge is -2.39. The molecule has 0 unspecified atom stereocenters. The lowest BCUT2D eigenvalue weighted by atomic mass is 9.91. The summed E-state index contributed by atoms with van der Waals surface area (Å²) >= 11 is 0. The van der Waals surface area contributed by atoms with Gasteiger partial charge < -0.3 is 10.1 Å². The van der Waals surface area contributed by atoms with Crippen LogP contribution in [0.4, 0.5) is 0 Å². The maximum absolute atomic E-state index is 5.59. The van der Waals surface area contributed by atoms with Gasteiger partial charge in [-0.15, -0.1) is 0 Å². The minimum absolute atomic E-state index is 0.176. The van der Waals surface area contributed by atoms with Gasteiger partial charge in [-0.2, -0.15) is 0 Å². The van der Waals surface area contributed by atoms with Crippen molar-refractivity contribution < 1.29 is 4.74 Å². The van der Waals surface area contributed by atoms with Gasteiger partial charge in [0.1, 0.15) is 12.4 Å². The highest BCUT2D eigenvalue weighted by molar-refractivity contribution is 5.16. The molecule has 3 heteroatoms. The number of nitrogens with one attached hydrogen (secondary N) is 1. The van der Waals surface area contributed by atoms with E-state index >= 15 is 0 Å². The molecule has 1 saturated heterocycles. The second kappa shape index (κ2) is 3.34. The Morgan fingerprint density at radius 3 is 3.08 bits per heavy atom. The first kappa shape index (κ1) is 8.51. The molecule has 0 bridgehead atoms. The van der Waals surface area contributed by atoms with Crippen molar-refractivity contribution in [2.75, 3.05) is 13.2 Å². The van der Waals surface area contributed by atoms with Gasteiger partial charge in [0.25, 0.3) is 0 Å². The molecule has 0 spiro atoms. The van der Waals surface area contributed by atoms with Crippen molar-refractivity contribution in [3.63, 3.8) is 0 Å². The van der Waals surface area contributed by atoms with Gasteiger partial charge in [-0.25, -0.2) is 0 Å². The monoisotopic (exact) mass is 178 g/mol. The zero-order valence-electron chi connectivity index (χ0n) is 7.79. The molecular weight excluding hydrogens is 164 g/mol. The average Bonchev–Trinajstić information content (AvgIpc) is 2.13. The standard InChI is InChI=1S/C10H14N2O/c1-10(4-6-12-10)8-13-9-3-2-5-11-7-9/h2-3,5,7,12H,4,6,8H2,1H3/t10-/m1/s1. The van der Waals surface area contributed by atoms with Gasteiger partial charge in [-0.1, -0.05) is 0 Å². The van der Waals surface area contributed by atoms with Crippen LogP contribution in [0.15, 0.2) is 24.5 Å².